The molecule has 1 aromatic heterocycles. The maximum atomic E-state index is 13.1. The molecule has 0 amide bonds. The highest BCUT2D eigenvalue weighted by Gasteiger charge is 2.26. The molecule has 0 bridgehead atoms. The fraction of sp³-hybridized carbons (Fsp3) is 0.565. The van der Waals surface area contributed by atoms with Crippen LogP contribution in [0.15, 0.2) is 35.3 Å². The number of halogens is 2. The molecule has 8 heteroatoms. The number of likely N-dealkylation sites (tertiary alicyclic amines) is 1. The molecular weight excluding hydrogens is 419 g/mol. The molecule has 0 radical (unpaired) electrons. The Morgan fingerprint density at radius 2 is 1.81 bits per heavy atom. The molecular formula is C23H32ClFN4O2. The second-order valence-corrected chi connectivity index (χ2v) is 8.42. The van der Waals surface area contributed by atoms with Gasteiger partial charge in [-0.25, -0.2) is 9.07 Å². The minimum atomic E-state index is -0.251. The molecule has 6 nitrogen and oxygen atoms in total. The molecule has 4 rings (SSSR count). The number of nitrogens with zero attached hydrogens (tertiary/aromatic N) is 3. The van der Waals surface area contributed by atoms with Crippen LogP contribution in [0.3, 0.4) is 0 Å². The van der Waals surface area contributed by atoms with Gasteiger partial charge >= 0.3 is 0 Å². The Hall–Kier alpha value is -1.96. The first-order valence-electron chi connectivity index (χ1n) is 11.0. The Kier molecular flexibility index (Phi) is 8.87. The fourth-order valence-electron chi connectivity index (χ4n) is 4.04. The molecule has 2 saturated heterocycles. The van der Waals surface area contributed by atoms with Gasteiger partial charge in [-0.1, -0.05) is 23.7 Å². The van der Waals surface area contributed by atoms with Crippen molar-refractivity contribution >= 4 is 17.3 Å². The highest BCUT2D eigenvalue weighted by atomic mass is 35.5. The van der Waals surface area contributed by atoms with Crippen LogP contribution in [-0.2, 0) is 4.74 Å². The van der Waals surface area contributed by atoms with Gasteiger partial charge in [-0.15, -0.1) is 0 Å². The molecule has 1 unspecified atom stereocenters. The Labute approximate surface area is 188 Å². The predicted molar refractivity (Wildman–Crippen MR) is 122 cm³/mol. The Balaban J connectivity index is 0.000000391. The zero-order chi connectivity index (χ0) is 22.2. The molecule has 2 aromatic rings. The number of aromatic nitrogens is 2. The van der Waals surface area contributed by atoms with Crippen LogP contribution >= 0.6 is 11.6 Å². The first-order valence-corrected chi connectivity index (χ1v) is 11.4. The van der Waals surface area contributed by atoms with Gasteiger partial charge in [-0.3, -0.25) is 9.69 Å². The first-order chi connectivity index (χ1) is 15.0. The lowest BCUT2D eigenvalue weighted by molar-refractivity contribution is 0.0968. The zero-order valence-corrected chi connectivity index (χ0v) is 19.1. The SMILES string of the molecule is C1CCOCC1.CNc1cnn(C2CCN(C(C)c3ccc(F)cc3)CC2)c(=O)c1Cl. The number of anilines is 1. The van der Waals surface area contributed by atoms with Crippen molar-refractivity contribution in [3.8, 4) is 0 Å². The summed E-state index contributed by atoms with van der Waals surface area (Å²) in [5.74, 6) is -0.220. The summed E-state index contributed by atoms with van der Waals surface area (Å²) in [5, 5.41) is 7.32. The third-order valence-electron chi connectivity index (χ3n) is 6.04. The van der Waals surface area contributed by atoms with E-state index in [1.807, 2.05) is 12.1 Å². The molecule has 170 valence electrons. The van der Waals surface area contributed by atoms with Crippen molar-refractivity contribution < 1.29 is 9.13 Å². The van der Waals surface area contributed by atoms with Crippen molar-refractivity contribution in [3.05, 3.63) is 57.2 Å². The number of rotatable bonds is 4. The van der Waals surface area contributed by atoms with E-state index in [0.717, 1.165) is 44.7 Å². The maximum Gasteiger partial charge on any atom is 0.287 e. The van der Waals surface area contributed by atoms with Gasteiger partial charge in [0.05, 0.1) is 17.9 Å². The van der Waals surface area contributed by atoms with Crippen molar-refractivity contribution in [1.29, 1.82) is 0 Å². The van der Waals surface area contributed by atoms with Gasteiger partial charge in [0.25, 0.3) is 5.56 Å². The van der Waals surface area contributed by atoms with Gasteiger partial charge < -0.3 is 10.1 Å². The third kappa shape index (κ3) is 6.28. The monoisotopic (exact) mass is 450 g/mol. The van der Waals surface area contributed by atoms with E-state index in [4.69, 9.17) is 16.3 Å². The van der Waals surface area contributed by atoms with Crippen molar-refractivity contribution in [2.75, 3.05) is 38.7 Å². The molecule has 1 N–H and O–H groups in total. The number of hydrogen-bond donors (Lipinski definition) is 1. The largest absolute Gasteiger partial charge is 0.385 e. The van der Waals surface area contributed by atoms with Crippen molar-refractivity contribution in [3.63, 3.8) is 0 Å². The standard InChI is InChI=1S/C18H22ClFN4O.C5H10O/c1-12(13-3-5-14(20)6-4-13)23-9-7-15(8-10-23)24-18(25)17(19)16(21-2)11-22-24;1-2-4-6-5-3-1/h3-6,11-12,15,21H,7-10H2,1-2H3;1-5H2. The summed E-state index contributed by atoms with van der Waals surface area (Å²) in [7, 11) is 1.71. The van der Waals surface area contributed by atoms with Gasteiger partial charge in [-0.05, 0) is 56.7 Å². The predicted octanol–water partition coefficient (Wildman–Crippen LogP) is 4.66. The first kappa shape index (κ1) is 23.7. The Morgan fingerprint density at radius 3 is 2.32 bits per heavy atom. The number of hydrogen-bond acceptors (Lipinski definition) is 5. The number of nitrogens with one attached hydrogen (secondary N) is 1. The lowest BCUT2D eigenvalue weighted by Gasteiger charge is -2.36. The highest BCUT2D eigenvalue weighted by molar-refractivity contribution is 6.32. The molecule has 1 aromatic carbocycles. The summed E-state index contributed by atoms with van der Waals surface area (Å²) >= 11 is 6.11. The van der Waals surface area contributed by atoms with E-state index in [1.54, 1.807) is 13.2 Å². The van der Waals surface area contributed by atoms with E-state index in [2.05, 4.69) is 22.2 Å². The van der Waals surface area contributed by atoms with E-state index in [9.17, 15) is 9.18 Å². The molecule has 31 heavy (non-hydrogen) atoms. The number of piperidine rings is 1. The Bertz CT molecular complexity index is 867. The van der Waals surface area contributed by atoms with Crippen LogP contribution in [0.25, 0.3) is 0 Å². The van der Waals surface area contributed by atoms with E-state index in [1.165, 1.54) is 36.1 Å². The third-order valence-corrected chi connectivity index (χ3v) is 6.40. The van der Waals surface area contributed by atoms with Crippen LogP contribution in [0.2, 0.25) is 5.02 Å². The summed E-state index contributed by atoms with van der Waals surface area (Å²) in [6.07, 6.45) is 7.18. The topological polar surface area (TPSA) is 59.4 Å². The molecule has 3 heterocycles. The van der Waals surface area contributed by atoms with E-state index >= 15 is 0 Å². The lowest BCUT2D eigenvalue weighted by atomic mass is 10.00. The molecule has 0 spiro atoms. The second kappa shape index (κ2) is 11.6. The summed E-state index contributed by atoms with van der Waals surface area (Å²) in [6, 6.07) is 6.90. The molecule has 2 fully saturated rings. The number of benzene rings is 1. The summed E-state index contributed by atoms with van der Waals surface area (Å²) < 4.78 is 19.7. The van der Waals surface area contributed by atoms with Crippen LogP contribution < -0.4 is 10.9 Å². The Morgan fingerprint density at radius 1 is 1.16 bits per heavy atom. The number of ether oxygens (including phenoxy) is 1. The van der Waals surface area contributed by atoms with Crippen LogP contribution in [0.5, 0.6) is 0 Å². The van der Waals surface area contributed by atoms with Gasteiger partial charge in [-0.2, -0.15) is 5.10 Å². The molecule has 1 atom stereocenters. The molecule has 0 saturated carbocycles. The minimum absolute atomic E-state index is 0.0487. The van der Waals surface area contributed by atoms with Crippen LogP contribution in [0.4, 0.5) is 10.1 Å². The second-order valence-electron chi connectivity index (χ2n) is 8.04. The molecule has 0 aliphatic carbocycles. The van der Waals surface area contributed by atoms with Gasteiger partial charge in [0.2, 0.25) is 0 Å². The zero-order valence-electron chi connectivity index (χ0n) is 18.3. The fourth-order valence-corrected chi connectivity index (χ4v) is 4.27. The van der Waals surface area contributed by atoms with Gasteiger partial charge in [0.15, 0.2) is 0 Å². The smallest absolute Gasteiger partial charge is 0.287 e. The normalized spacial score (nSPS) is 18.7. The quantitative estimate of drug-likeness (QED) is 0.733. The summed E-state index contributed by atoms with van der Waals surface area (Å²) in [4.78, 5) is 14.7. The highest BCUT2D eigenvalue weighted by Crippen LogP contribution is 2.28. The summed E-state index contributed by atoms with van der Waals surface area (Å²) in [6.45, 7) is 5.82. The van der Waals surface area contributed by atoms with Crippen molar-refractivity contribution in [2.45, 2.75) is 51.1 Å². The average Bonchev–Trinajstić information content (AvgIpc) is 2.82. The van der Waals surface area contributed by atoms with Crippen LogP contribution in [0.1, 0.15) is 56.7 Å². The van der Waals surface area contributed by atoms with Crippen molar-refractivity contribution in [1.82, 2.24) is 14.7 Å². The average molecular weight is 451 g/mol. The van der Waals surface area contributed by atoms with E-state index in [0.29, 0.717) is 5.69 Å². The van der Waals surface area contributed by atoms with Crippen LogP contribution in [-0.4, -0.2) is 48.0 Å². The summed E-state index contributed by atoms with van der Waals surface area (Å²) in [5.41, 5.74) is 1.39. The van der Waals surface area contributed by atoms with Crippen molar-refractivity contribution in [2.24, 2.45) is 0 Å². The maximum absolute atomic E-state index is 13.1. The van der Waals surface area contributed by atoms with Crippen LogP contribution in [0, 0.1) is 5.82 Å². The molecule has 2 aliphatic heterocycles. The molecule has 2 aliphatic rings. The van der Waals surface area contributed by atoms with E-state index in [-0.39, 0.29) is 28.5 Å². The lowest BCUT2D eigenvalue weighted by Crippen LogP contribution is -2.39. The van der Waals surface area contributed by atoms with Gasteiger partial charge in [0, 0.05) is 39.4 Å². The van der Waals surface area contributed by atoms with E-state index < -0.39 is 0 Å². The minimum Gasteiger partial charge on any atom is -0.385 e. The van der Waals surface area contributed by atoms with Gasteiger partial charge in [0.1, 0.15) is 10.8 Å².